The number of nitrogens with one attached hydrogen (secondary N) is 2. The van der Waals surface area contributed by atoms with Crippen molar-refractivity contribution in [1.29, 1.82) is 0 Å². The van der Waals surface area contributed by atoms with Crippen molar-refractivity contribution < 1.29 is 33.0 Å². The molecule has 0 aromatic heterocycles. The number of hydrogen-bond donors (Lipinski definition) is 3. The van der Waals surface area contributed by atoms with Crippen molar-refractivity contribution in [1.82, 2.24) is 10.6 Å². The lowest BCUT2D eigenvalue weighted by Gasteiger charge is -2.20. The third-order valence-electron chi connectivity index (χ3n) is 6.82. The van der Waals surface area contributed by atoms with Crippen LogP contribution in [-0.2, 0) is 14.3 Å². The van der Waals surface area contributed by atoms with Gasteiger partial charge in [0.15, 0.2) is 0 Å². The number of alkyl halides is 2. The summed E-state index contributed by atoms with van der Waals surface area (Å²) in [7, 11) is 0. The van der Waals surface area contributed by atoms with Gasteiger partial charge in [0.25, 0.3) is 5.92 Å². The van der Waals surface area contributed by atoms with Crippen molar-refractivity contribution in [3.8, 4) is 11.1 Å². The highest BCUT2D eigenvalue weighted by Crippen LogP contribution is 2.55. The third kappa shape index (κ3) is 4.99. The van der Waals surface area contributed by atoms with Crippen LogP contribution in [0.5, 0.6) is 0 Å². The average molecular weight is 487 g/mol. The molecule has 3 atom stereocenters. The second-order valence-corrected chi connectivity index (χ2v) is 9.42. The van der Waals surface area contributed by atoms with E-state index in [4.69, 9.17) is 9.84 Å². The van der Waals surface area contributed by atoms with Gasteiger partial charge < -0.3 is 20.5 Å². The summed E-state index contributed by atoms with van der Waals surface area (Å²) in [6.45, 7) is 3.04. The van der Waals surface area contributed by atoms with Crippen LogP contribution in [0, 0.1) is 17.8 Å². The smallest absolute Gasteiger partial charge is 0.407 e. The Hall–Kier alpha value is -3.49. The summed E-state index contributed by atoms with van der Waals surface area (Å²) >= 11 is 0. The van der Waals surface area contributed by atoms with Crippen LogP contribution in [-0.4, -0.2) is 48.2 Å². The molecular formula is C26H28F2N2O5. The quantitative estimate of drug-likeness (QED) is 0.497. The van der Waals surface area contributed by atoms with Crippen LogP contribution in [0.1, 0.15) is 37.3 Å². The van der Waals surface area contributed by atoms with Crippen LogP contribution >= 0.6 is 0 Å². The molecule has 186 valence electrons. The highest BCUT2D eigenvalue weighted by atomic mass is 19.3. The first-order chi connectivity index (χ1) is 16.6. The monoisotopic (exact) mass is 486 g/mol. The predicted octanol–water partition coefficient (Wildman–Crippen LogP) is 4.02. The molecule has 2 aromatic rings. The minimum Gasteiger partial charge on any atom is -0.481 e. The van der Waals surface area contributed by atoms with Gasteiger partial charge in [-0.2, -0.15) is 0 Å². The topological polar surface area (TPSA) is 105 Å². The molecule has 0 bridgehead atoms. The molecule has 0 spiro atoms. The largest absolute Gasteiger partial charge is 0.481 e. The van der Waals surface area contributed by atoms with Gasteiger partial charge in [0.05, 0.1) is 12.3 Å². The zero-order valence-corrected chi connectivity index (χ0v) is 19.5. The van der Waals surface area contributed by atoms with E-state index in [1.807, 2.05) is 48.5 Å². The fourth-order valence-electron chi connectivity index (χ4n) is 4.76. The number of ether oxygens (including phenoxy) is 1. The molecule has 9 heteroatoms. The molecule has 0 heterocycles. The van der Waals surface area contributed by atoms with Crippen LogP contribution < -0.4 is 10.6 Å². The van der Waals surface area contributed by atoms with E-state index in [-0.39, 0.29) is 24.9 Å². The van der Waals surface area contributed by atoms with Crippen LogP contribution in [0.4, 0.5) is 13.6 Å². The Balaban J connectivity index is 1.31. The first-order valence-electron chi connectivity index (χ1n) is 11.6. The second-order valence-electron chi connectivity index (χ2n) is 9.42. The van der Waals surface area contributed by atoms with E-state index >= 15 is 0 Å². The molecular weight excluding hydrogens is 458 g/mol. The lowest BCUT2D eigenvalue weighted by atomic mass is 9.98. The molecule has 3 N–H and O–H groups in total. The zero-order chi connectivity index (χ0) is 25.3. The summed E-state index contributed by atoms with van der Waals surface area (Å²) in [6, 6.07) is 14.9. The number of carbonyl (C=O) groups excluding carboxylic acids is 2. The third-order valence-corrected chi connectivity index (χ3v) is 6.82. The van der Waals surface area contributed by atoms with Gasteiger partial charge >= 0.3 is 12.1 Å². The Bertz CT molecular complexity index is 1090. The zero-order valence-electron chi connectivity index (χ0n) is 19.5. The number of carboxylic acid groups (broad SMARTS) is 1. The van der Waals surface area contributed by atoms with Crippen LogP contribution in [0.3, 0.4) is 0 Å². The fraction of sp³-hybridized carbons (Fsp3) is 0.423. The number of fused-ring (bicyclic) bond motifs is 3. The number of carbonyl (C=O) groups is 3. The van der Waals surface area contributed by atoms with Gasteiger partial charge in [-0.3, -0.25) is 9.59 Å². The van der Waals surface area contributed by atoms with Crippen molar-refractivity contribution in [3.63, 3.8) is 0 Å². The summed E-state index contributed by atoms with van der Waals surface area (Å²) in [5, 5.41) is 13.7. The molecule has 2 aliphatic rings. The minimum absolute atomic E-state index is 0.0517. The van der Waals surface area contributed by atoms with Crippen LogP contribution in [0.15, 0.2) is 48.5 Å². The maximum atomic E-state index is 14.3. The summed E-state index contributed by atoms with van der Waals surface area (Å²) in [5.41, 5.74) is 4.22. The fourth-order valence-corrected chi connectivity index (χ4v) is 4.76. The van der Waals surface area contributed by atoms with Crippen molar-refractivity contribution >= 4 is 18.0 Å². The van der Waals surface area contributed by atoms with E-state index < -0.39 is 48.3 Å². The molecule has 1 fully saturated rings. The summed E-state index contributed by atoms with van der Waals surface area (Å²) < 4.78 is 33.9. The van der Waals surface area contributed by atoms with Crippen molar-refractivity contribution in [2.24, 2.45) is 17.8 Å². The van der Waals surface area contributed by atoms with Crippen molar-refractivity contribution in [3.05, 3.63) is 59.7 Å². The molecule has 35 heavy (non-hydrogen) atoms. The maximum Gasteiger partial charge on any atom is 0.407 e. The number of carboxylic acids is 1. The number of amides is 2. The lowest BCUT2D eigenvalue weighted by Crippen LogP contribution is -2.42. The van der Waals surface area contributed by atoms with E-state index in [1.54, 1.807) is 13.8 Å². The van der Waals surface area contributed by atoms with E-state index in [1.165, 1.54) is 0 Å². The van der Waals surface area contributed by atoms with E-state index in [2.05, 4.69) is 10.6 Å². The summed E-state index contributed by atoms with van der Waals surface area (Å²) in [6.07, 6.45) is -1.19. The molecule has 2 amide bonds. The van der Waals surface area contributed by atoms with Crippen LogP contribution in [0.2, 0.25) is 0 Å². The number of aliphatic carboxylic acids is 1. The predicted molar refractivity (Wildman–Crippen MR) is 124 cm³/mol. The van der Waals surface area contributed by atoms with Crippen molar-refractivity contribution in [2.45, 2.75) is 38.2 Å². The number of rotatable bonds is 9. The Labute approximate surface area is 201 Å². The molecule has 4 rings (SSSR count). The Kier molecular flexibility index (Phi) is 6.78. The van der Waals surface area contributed by atoms with Gasteiger partial charge in [-0.25, -0.2) is 13.6 Å². The number of benzene rings is 2. The highest BCUT2D eigenvalue weighted by Gasteiger charge is 2.71. The van der Waals surface area contributed by atoms with E-state index in [9.17, 15) is 23.2 Å². The number of alkyl carbamates (subject to hydrolysis) is 1. The molecule has 0 saturated heterocycles. The first-order valence-corrected chi connectivity index (χ1v) is 11.6. The summed E-state index contributed by atoms with van der Waals surface area (Å²) in [5.74, 6) is -8.71. The van der Waals surface area contributed by atoms with Gasteiger partial charge in [0, 0.05) is 18.5 Å². The number of hydrogen-bond acceptors (Lipinski definition) is 4. The average Bonchev–Trinajstić information content (AvgIpc) is 3.22. The Morgan fingerprint density at radius 3 is 2.14 bits per heavy atom. The highest BCUT2D eigenvalue weighted by molar-refractivity contribution is 5.84. The maximum absolute atomic E-state index is 14.3. The molecule has 2 aromatic carbocycles. The first kappa shape index (κ1) is 24.6. The standard InChI is InChI=1S/C26H28F2N2O5/c1-14(2)21(11-22(31)32)30-24(33)23-20(26(23,27)28)12-29-25(34)35-13-19-17-9-5-3-7-15(17)16-8-4-6-10-18(16)19/h3-10,14,19-21,23H,11-13H2,1-2H3,(H,29,34)(H,30,33)(H,31,32)/t20?,21-,23?/m1/s1. The number of halogens is 2. The molecule has 0 aliphatic heterocycles. The van der Waals surface area contributed by atoms with Gasteiger partial charge in [-0.15, -0.1) is 0 Å². The van der Waals surface area contributed by atoms with Gasteiger partial charge in [-0.1, -0.05) is 62.4 Å². The van der Waals surface area contributed by atoms with Gasteiger partial charge in [0.1, 0.15) is 12.5 Å². The Morgan fingerprint density at radius 2 is 1.60 bits per heavy atom. The van der Waals surface area contributed by atoms with E-state index in [0.717, 1.165) is 22.3 Å². The molecule has 1 saturated carbocycles. The van der Waals surface area contributed by atoms with E-state index in [0.29, 0.717) is 0 Å². The summed E-state index contributed by atoms with van der Waals surface area (Å²) in [4.78, 5) is 35.6. The lowest BCUT2D eigenvalue weighted by molar-refractivity contribution is -0.138. The molecule has 0 radical (unpaired) electrons. The molecule has 2 unspecified atom stereocenters. The minimum atomic E-state index is -3.29. The second kappa shape index (κ2) is 9.64. The molecule has 2 aliphatic carbocycles. The van der Waals surface area contributed by atoms with Gasteiger partial charge in [-0.05, 0) is 28.2 Å². The Morgan fingerprint density at radius 1 is 1.03 bits per heavy atom. The van der Waals surface area contributed by atoms with Gasteiger partial charge in [0.2, 0.25) is 5.91 Å². The van der Waals surface area contributed by atoms with Crippen molar-refractivity contribution in [2.75, 3.05) is 13.2 Å². The van der Waals surface area contributed by atoms with Crippen LogP contribution in [0.25, 0.3) is 11.1 Å². The molecule has 7 nitrogen and oxygen atoms in total. The normalized spacial score (nSPS) is 20.5. The SMILES string of the molecule is CC(C)[C@@H](CC(=O)O)NC(=O)C1C(CNC(=O)OCC2c3ccccc3-c3ccccc32)C1(F)F.